The van der Waals surface area contributed by atoms with Crippen molar-refractivity contribution in [2.45, 2.75) is 17.7 Å². The second-order valence-electron chi connectivity index (χ2n) is 6.84. The fraction of sp³-hybridized carbons (Fsp3) is 0.500. The maximum absolute atomic E-state index is 13.5. The summed E-state index contributed by atoms with van der Waals surface area (Å²) in [6.07, 6.45) is 1.56. The Bertz CT molecular complexity index is 827. The molecule has 7 heteroatoms. The van der Waals surface area contributed by atoms with Crippen LogP contribution in [0.5, 0.6) is 0 Å². The van der Waals surface area contributed by atoms with Crippen LogP contribution in [-0.4, -0.2) is 67.1 Å². The SMILES string of the molecule is CNCCCN(CCCNC)S(=O)(=O)c1cccc2c(N(C)C)cccc12. The van der Waals surface area contributed by atoms with Gasteiger partial charge in [0.25, 0.3) is 0 Å². The average Bonchev–Trinajstić information content (AvgIpc) is 2.65. The van der Waals surface area contributed by atoms with Gasteiger partial charge in [-0.3, -0.25) is 0 Å². The first-order valence-corrected chi connectivity index (χ1v) is 10.9. The summed E-state index contributed by atoms with van der Waals surface area (Å²) in [5.41, 5.74) is 1.02. The molecule has 150 valence electrons. The minimum Gasteiger partial charge on any atom is -0.377 e. The summed E-state index contributed by atoms with van der Waals surface area (Å²) < 4.78 is 28.6. The highest BCUT2D eigenvalue weighted by Crippen LogP contribution is 2.31. The normalized spacial score (nSPS) is 12.0. The van der Waals surface area contributed by atoms with E-state index in [1.54, 1.807) is 10.4 Å². The van der Waals surface area contributed by atoms with Gasteiger partial charge < -0.3 is 15.5 Å². The quantitative estimate of drug-likeness (QED) is 0.574. The van der Waals surface area contributed by atoms with Gasteiger partial charge in [-0.1, -0.05) is 24.3 Å². The number of nitrogens with one attached hydrogen (secondary N) is 2. The molecule has 0 aliphatic rings. The Balaban J connectivity index is 2.46. The zero-order chi connectivity index (χ0) is 19.9. The van der Waals surface area contributed by atoms with Crippen LogP contribution in [0.25, 0.3) is 10.8 Å². The molecule has 0 heterocycles. The lowest BCUT2D eigenvalue weighted by atomic mass is 10.1. The number of sulfonamides is 1. The van der Waals surface area contributed by atoms with Gasteiger partial charge in [-0.2, -0.15) is 4.31 Å². The maximum atomic E-state index is 13.5. The van der Waals surface area contributed by atoms with Gasteiger partial charge in [-0.15, -0.1) is 0 Å². The lowest BCUT2D eigenvalue weighted by Gasteiger charge is -2.24. The van der Waals surface area contributed by atoms with Gasteiger partial charge in [0.2, 0.25) is 10.0 Å². The number of nitrogens with zero attached hydrogens (tertiary/aromatic N) is 2. The Morgan fingerprint density at radius 3 is 1.96 bits per heavy atom. The van der Waals surface area contributed by atoms with E-state index in [-0.39, 0.29) is 0 Å². The van der Waals surface area contributed by atoms with Crippen molar-refractivity contribution < 1.29 is 8.42 Å². The highest BCUT2D eigenvalue weighted by molar-refractivity contribution is 7.89. The number of fused-ring (bicyclic) bond motifs is 1. The summed E-state index contributed by atoms with van der Waals surface area (Å²) >= 11 is 0. The molecule has 0 atom stereocenters. The van der Waals surface area contributed by atoms with Crippen LogP contribution in [0.1, 0.15) is 12.8 Å². The predicted octanol–water partition coefficient (Wildman–Crippen LogP) is 2.12. The van der Waals surface area contributed by atoms with Crippen molar-refractivity contribution in [2.24, 2.45) is 0 Å². The van der Waals surface area contributed by atoms with E-state index in [0.29, 0.717) is 18.0 Å². The van der Waals surface area contributed by atoms with Crippen molar-refractivity contribution in [1.29, 1.82) is 0 Å². The van der Waals surface area contributed by atoms with Crippen LogP contribution in [0.3, 0.4) is 0 Å². The smallest absolute Gasteiger partial charge is 0.243 e. The average molecular weight is 393 g/mol. The number of hydrogen-bond donors (Lipinski definition) is 2. The van der Waals surface area contributed by atoms with Crippen molar-refractivity contribution in [2.75, 3.05) is 59.3 Å². The van der Waals surface area contributed by atoms with Gasteiger partial charge in [-0.05, 0) is 52.2 Å². The monoisotopic (exact) mass is 392 g/mol. The second kappa shape index (κ2) is 10.0. The summed E-state index contributed by atoms with van der Waals surface area (Å²) in [6, 6.07) is 11.4. The lowest BCUT2D eigenvalue weighted by molar-refractivity contribution is 0.395. The molecule has 0 aliphatic heterocycles. The summed E-state index contributed by atoms with van der Waals surface area (Å²) in [5.74, 6) is 0. The Hall–Kier alpha value is -1.67. The molecule has 0 saturated heterocycles. The van der Waals surface area contributed by atoms with Gasteiger partial charge in [0.15, 0.2) is 0 Å². The highest BCUT2D eigenvalue weighted by Gasteiger charge is 2.26. The van der Waals surface area contributed by atoms with E-state index in [9.17, 15) is 8.42 Å². The Labute approximate surface area is 163 Å². The standard InChI is InChI=1S/C20H32N4O2S/c1-21-13-7-15-24(16-8-14-22-2)27(25,26)20-12-6-9-17-18(20)10-5-11-19(17)23(3)4/h5-6,9-12,21-22H,7-8,13-16H2,1-4H3. The predicted molar refractivity (Wildman–Crippen MR) is 114 cm³/mol. The molecule has 2 aromatic carbocycles. The summed E-state index contributed by atoms with van der Waals surface area (Å²) in [4.78, 5) is 2.40. The molecule has 0 saturated carbocycles. The third-order valence-electron chi connectivity index (χ3n) is 4.63. The number of rotatable bonds is 11. The Morgan fingerprint density at radius 1 is 0.852 bits per heavy atom. The molecular formula is C20H32N4O2S. The van der Waals surface area contributed by atoms with Crippen molar-refractivity contribution >= 4 is 26.5 Å². The fourth-order valence-electron chi connectivity index (χ4n) is 3.24. The molecule has 0 amide bonds. The van der Waals surface area contributed by atoms with Crippen LogP contribution in [0, 0.1) is 0 Å². The van der Waals surface area contributed by atoms with Crippen LogP contribution >= 0.6 is 0 Å². The van der Waals surface area contributed by atoms with Crippen LogP contribution < -0.4 is 15.5 Å². The van der Waals surface area contributed by atoms with E-state index in [4.69, 9.17) is 0 Å². The highest BCUT2D eigenvalue weighted by atomic mass is 32.2. The van der Waals surface area contributed by atoms with Crippen LogP contribution in [0.2, 0.25) is 0 Å². The van der Waals surface area contributed by atoms with Crippen molar-refractivity contribution in [3.05, 3.63) is 36.4 Å². The summed E-state index contributed by atoms with van der Waals surface area (Å²) in [6.45, 7) is 2.60. The van der Waals surface area contributed by atoms with Gasteiger partial charge in [0.1, 0.15) is 0 Å². The molecule has 0 radical (unpaired) electrons. The third-order valence-corrected chi connectivity index (χ3v) is 6.58. The molecule has 0 bridgehead atoms. The molecule has 2 rings (SSSR count). The minimum absolute atomic E-state index is 0.387. The second-order valence-corrected chi connectivity index (χ2v) is 8.75. The van der Waals surface area contributed by atoms with Crippen LogP contribution in [0.15, 0.2) is 41.3 Å². The van der Waals surface area contributed by atoms with Crippen molar-refractivity contribution in [3.8, 4) is 0 Å². The van der Waals surface area contributed by atoms with E-state index in [1.807, 2.05) is 63.4 Å². The van der Waals surface area contributed by atoms with Crippen LogP contribution in [-0.2, 0) is 10.0 Å². The molecule has 0 aliphatic carbocycles. The molecule has 6 nitrogen and oxygen atoms in total. The molecule has 0 unspecified atom stereocenters. The number of anilines is 1. The molecule has 0 spiro atoms. The zero-order valence-electron chi connectivity index (χ0n) is 16.8. The first-order chi connectivity index (χ1) is 12.9. The van der Waals surface area contributed by atoms with E-state index >= 15 is 0 Å². The van der Waals surface area contributed by atoms with Crippen molar-refractivity contribution in [3.63, 3.8) is 0 Å². The van der Waals surface area contributed by atoms with Gasteiger partial charge in [0.05, 0.1) is 4.90 Å². The number of benzene rings is 2. The Morgan fingerprint density at radius 2 is 1.41 bits per heavy atom. The van der Waals surface area contributed by atoms with Gasteiger partial charge in [-0.25, -0.2) is 8.42 Å². The van der Waals surface area contributed by atoms with E-state index in [1.165, 1.54) is 0 Å². The topological polar surface area (TPSA) is 64.7 Å². The van der Waals surface area contributed by atoms with Crippen LogP contribution in [0.4, 0.5) is 5.69 Å². The molecule has 0 aromatic heterocycles. The molecule has 27 heavy (non-hydrogen) atoms. The first-order valence-electron chi connectivity index (χ1n) is 9.42. The van der Waals surface area contributed by atoms with E-state index in [0.717, 1.165) is 42.4 Å². The minimum atomic E-state index is -3.57. The molecule has 0 fully saturated rings. The molecular weight excluding hydrogens is 360 g/mol. The first kappa shape index (κ1) is 21.6. The zero-order valence-corrected chi connectivity index (χ0v) is 17.6. The number of hydrogen-bond acceptors (Lipinski definition) is 5. The largest absolute Gasteiger partial charge is 0.377 e. The van der Waals surface area contributed by atoms with E-state index < -0.39 is 10.0 Å². The maximum Gasteiger partial charge on any atom is 0.243 e. The van der Waals surface area contributed by atoms with E-state index in [2.05, 4.69) is 10.6 Å². The lowest BCUT2D eigenvalue weighted by Crippen LogP contribution is -2.35. The molecule has 2 N–H and O–H groups in total. The van der Waals surface area contributed by atoms with Gasteiger partial charge in [0, 0.05) is 43.6 Å². The summed E-state index contributed by atoms with van der Waals surface area (Å²) in [5, 5.41) is 7.91. The fourth-order valence-corrected chi connectivity index (χ4v) is 4.96. The van der Waals surface area contributed by atoms with Crippen molar-refractivity contribution in [1.82, 2.24) is 14.9 Å². The third kappa shape index (κ3) is 5.19. The van der Waals surface area contributed by atoms with Gasteiger partial charge >= 0.3 is 0 Å². The Kier molecular flexibility index (Phi) is 8.04. The summed E-state index contributed by atoms with van der Waals surface area (Å²) in [7, 11) is 4.13. The molecule has 2 aromatic rings.